The molecule has 0 unspecified atom stereocenters. The first-order valence-corrected chi connectivity index (χ1v) is 26.1. The van der Waals surface area contributed by atoms with Gasteiger partial charge in [0.1, 0.15) is 23.3 Å². The van der Waals surface area contributed by atoms with Crippen LogP contribution in [0.3, 0.4) is 0 Å². The third-order valence-electron chi connectivity index (χ3n) is 13.9. The van der Waals surface area contributed by atoms with Gasteiger partial charge < -0.3 is 49.6 Å². The smallest absolute Gasteiger partial charge is 0.152 e. The van der Waals surface area contributed by atoms with Crippen molar-refractivity contribution in [1.82, 2.24) is 19.9 Å². The van der Waals surface area contributed by atoms with E-state index < -0.39 is 11.6 Å². The highest BCUT2D eigenvalue weighted by molar-refractivity contribution is 6.36. The van der Waals surface area contributed by atoms with Gasteiger partial charge in [-0.3, -0.25) is 0 Å². The number of hydrogen-bond acceptors (Lipinski definition) is 14. The molecule has 4 aliphatic heterocycles. The third kappa shape index (κ3) is 12.1. The van der Waals surface area contributed by atoms with Gasteiger partial charge in [0.25, 0.3) is 0 Å². The number of nitrogen functional groups attached to an aromatic ring is 1. The number of nitrogens with zero attached hydrogens (tertiary/aromatic N) is 8. The summed E-state index contributed by atoms with van der Waals surface area (Å²) in [5.74, 6) is 0.128. The summed E-state index contributed by atoms with van der Waals surface area (Å²) in [6.45, 7) is 15.8. The van der Waals surface area contributed by atoms with E-state index in [4.69, 9.17) is 41.3 Å². The molecule has 0 saturated carbocycles. The van der Waals surface area contributed by atoms with Crippen LogP contribution < -0.4 is 30.7 Å². The van der Waals surface area contributed by atoms with Crippen molar-refractivity contribution in [2.75, 3.05) is 136 Å². The lowest BCUT2D eigenvalue weighted by Crippen LogP contribution is -2.38. The second-order valence-corrected chi connectivity index (χ2v) is 19.2. The van der Waals surface area contributed by atoms with Gasteiger partial charge in [-0.25, -0.2) is 37.5 Å². The molecule has 0 radical (unpaired) electrons. The summed E-state index contributed by atoms with van der Waals surface area (Å²) in [6.07, 6.45) is 3.81. The first kappa shape index (κ1) is 53.1. The fourth-order valence-corrected chi connectivity index (χ4v) is 10.1. The molecule has 0 aliphatic carbocycles. The molecular formula is C58H59ClF4N10O4. The summed E-state index contributed by atoms with van der Waals surface area (Å²) >= 11 is 6.30. The van der Waals surface area contributed by atoms with Gasteiger partial charge >= 0.3 is 0 Å². The van der Waals surface area contributed by atoms with Gasteiger partial charge in [-0.15, -0.1) is 0 Å². The Morgan fingerprint density at radius 1 is 0.506 bits per heavy atom. The van der Waals surface area contributed by atoms with E-state index in [1.165, 1.54) is 36.4 Å². The highest BCUT2D eigenvalue weighted by atomic mass is 35.5. The summed E-state index contributed by atoms with van der Waals surface area (Å²) in [6, 6.07) is 25.7. The lowest BCUT2D eigenvalue weighted by molar-refractivity contribution is 0.122. The Balaban J connectivity index is 0.000000145. The second-order valence-electron chi connectivity index (χ2n) is 18.8. The summed E-state index contributed by atoms with van der Waals surface area (Å²) < 4.78 is 78.2. The molecular weight excluding hydrogens is 1010 g/mol. The molecule has 4 aromatic heterocycles. The van der Waals surface area contributed by atoms with Crippen LogP contribution in [0.1, 0.15) is 11.1 Å². The van der Waals surface area contributed by atoms with E-state index in [1.807, 2.05) is 25.4 Å². The SMILES string of the molecule is Cc1c(-c2ccccc2F)nc2cc(F)ccc2c1Cl.Cc1c(-c2ccccc2F)nc2cc(F)ccc2c1Nc1cc(N2CCOCC2)cnc1N1CCOCC1.Nc1cc(N2CCOCC2)cnc1N1CCOCC1. The van der Waals surface area contributed by atoms with Crippen LogP contribution in [0.4, 0.5) is 57.6 Å². The average molecular weight is 1070 g/mol. The molecule has 4 aliphatic rings. The Labute approximate surface area is 449 Å². The Morgan fingerprint density at radius 2 is 0.935 bits per heavy atom. The zero-order valence-corrected chi connectivity index (χ0v) is 43.6. The Kier molecular flexibility index (Phi) is 16.8. The molecule has 0 atom stereocenters. The fraction of sp³-hybridized carbons (Fsp3) is 0.310. The number of rotatable bonds is 8. The van der Waals surface area contributed by atoms with E-state index in [0.29, 0.717) is 75.9 Å². The first-order valence-electron chi connectivity index (χ1n) is 25.7. The molecule has 77 heavy (non-hydrogen) atoms. The van der Waals surface area contributed by atoms with E-state index in [-0.39, 0.29) is 11.6 Å². The second kappa shape index (κ2) is 24.3. The van der Waals surface area contributed by atoms with Crippen molar-refractivity contribution in [1.29, 1.82) is 0 Å². The quantitative estimate of drug-likeness (QED) is 0.140. The molecule has 8 heterocycles. The zero-order valence-electron chi connectivity index (χ0n) is 42.9. The minimum Gasteiger partial charge on any atom is -0.396 e. The monoisotopic (exact) mass is 1070 g/mol. The van der Waals surface area contributed by atoms with Gasteiger partial charge in [0.2, 0.25) is 0 Å². The van der Waals surface area contributed by atoms with Gasteiger partial charge in [-0.05, 0) is 85.6 Å². The molecule has 4 saturated heterocycles. The molecule has 12 rings (SSSR count). The first-order chi connectivity index (χ1) is 37.5. The molecule has 14 nitrogen and oxygen atoms in total. The topological polar surface area (TPSA) is 139 Å². The van der Waals surface area contributed by atoms with Crippen LogP contribution >= 0.6 is 11.6 Å². The van der Waals surface area contributed by atoms with Crippen LogP contribution in [0.15, 0.2) is 109 Å². The van der Waals surface area contributed by atoms with Gasteiger partial charge in [0.15, 0.2) is 11.6 Å². The lowest BCUT2D eigenvalue weighted by atomic mass is 10.0. The number of fused-ring (bicyclic) bond motifs is 2. The zero-order chi connectivity index (χ0) is 53.4. The van der Waals surface area contributed by atoms with Crippen molar-refractivity contribution >= 4 is 73.5 Å². The van der Waals surface area contributed by atoms with Crippen LogP contribution in [0.25, 0.3) is 44.3 Å². The number of pyridine rings is 4. The molecule has 400 valence electrons. The van der Waals surface area contributed by atoms with E-state index >= 15 is 0 Å². The molecule has 4 aromatic carbocycles. The van der Waals surface area contributed by atoms with Crippen molar-refractivity contribution in [2.24, 2.45) is 0 Å². The fourth-order valence-electron chi connectivity index (χ4n) is 9.81. The number of benzene rings is 4. The summed E-state index contributed by atoms with van der Waals surface area (Å²) in [5.41, 5.74) is 14.5. The minimum absolute atomic E-state index is 0.359. The van der Waals surface area contributed by atoms with Crippen LogP contribution in [-0.2, 0) is 18.9 Å². The number of hydrogen-bond donors (Lipinski definition) is 2. The van der Waals surface area contributed by atoms with Crippen molar-refractivity contribution < 1.29 is 36.5 Å². The van der Waals surface area contributed by atoms with Crippen LogP contribution in [0, 0.1) is 37.1 Å². The number of ether oxygens (including phenoxy) is 4. The van der Waals surface area contributed by atoms with E-state index in [0.717, 1.165) is 130 Å². The molecule has 0 amide bonds. The molecule has 0 bridgehead atoms. The van der Waals surface area contributed by atoms with Crippen LogP contribution in [-0.4, -0.2) is 125 Å². The Hall–Kier alpha value is -7.35. The van der Waals surface area contributed by atoms with Crippen molar-refractivity contribution in [3.8, 4) is 22.5 Å². The van der Waals surface area contributed by atoms with Gasteiger partial charge in [-0.2, -0.15) is 0 Å². The number of morpholine rings is 4. The maximum atomic E-state index is 14.9. The maximum absolute atomic E-state index is 14.9. The number of anilines is 7. The highest BCUT2D eigenvalue weighted by Gasteiger charge is 2.24. The van der Waals surface area contributed by atoms with Crippen LogP contribution in [0.5, 0.6) is 0 Å². The van der Waals surface area contributed by atoms with Crippen molar-refractivity contribution in [2.45, 2.75) is 13.8 Å². The standard InChI is InChI=1S/C29H29F2N5O2.C16H10ClF2N.C13H20N4O2/c1-19-27(22-4-2-3-5-24(22)31)33-25-16-20(30)6-7-23(25)28(19)34-26-17-21(35-8-12-37-13-9-35)18-32-29(26)36-10-14-38-15-11-36;1-9-15(17)12-7-6-10(18)8-14(12)20-16(9)11-4-2-3-5-13(11)19;14-12-9-11(16-1-5-18-6-2-16)10-15-13(12)17-3-7-19-8-4-17/h2-7,16-18H,8-15H2,1H3,(H,33,34);2-8H,1H3;9-10H,1-8,14H2. The van der Waals surface area contributed by atoms with Gasteiger partial charge in [0.05, 0.1) is 121 Å². The summed E-state index contributed by atoms with van der Waals surface area (Å²) in [5, 5.41) is 5.49. The molecule has 19 heteroatoms. The summed E-state index contributed by atoms with van der Waals surface area (Å²) in [4.78, 5) is 27.4. The average Bonchev–Trinajstić information content (AvgIpc) is 3.46. The number of nitrogens with two attached hydrogens (primary N) is 1. The highest BCUT2D eigenvalue weighted by Crippen LogP contribution is 2.40. The normalized spacial score (nSPS) is 15.9. The predicted molar refractivity (Wildman–Crippen MR) is 297 cm³/mol. The Morgan fingerprint density at radius 3 is 1.44 bits per heavy atom. The van der Waals surface area contributed by atoms with E-state index in [2.05, 4.69) is 45.9 Å². The summed E-state index contributed by atoms with van der Waals surface area (Å²) in [7, 11) is 0. The number of nitrogens with one attached hydrogen (secondary N) is 1. The Bertz CT molecular complexity index is 3370. The molecule has 3 N–H and O–H groups in total. The van der Waals surface area contributed by atoms with Gasteiger partial charge in [-0.1, -0.05) is 35.9 Å². The third-order valence-corrected chi connectivity index (χ3v) is 14.4. The number of aromatic nitrogens is 4. The minimum atomic E-state index is -0.399. The molecule has 4 fully saturated rings. The maximum Gasteiger partial charge on any atom is 0.152 e. The molecule has 8 aromatic rings. The predicted octanol–water partition coefficient (Wildman–Crippen LogP) is 10.8. The number of halogens is 5. The van der Waals surface area contributed by atoms with Crippen molar-refractivity contribution in [3.63, 3.8) is 0 Å². The lowest BCUT2D eigenvalue weighted by Gasteiger charge is -2.32. The van der Waals surface area contributed by atoms with Crippen LogP contribution in [0.2, 0.25) is 5.02 Å². The molecule has 0 spiro atoms. The van der Waals surface area contributed by atoms with E-state index in [1.54, 1.807) is 55.5 Å². The largest absolute Gasteiger partial charge is 0.396 e. The van der Waals surface area contributed by atoms with Gasteiger partial charge in [0, 0.05) is 86.4 Å². The van der Waals surface area contributed by atoms with E-state index in [9.17, 15) is 17.6 Å². The van der Waals surface area contributed by atoms with Crippen molar-refractivity contribution in [3.05, 3.63) is 149 Å².